The zero-order valence-electron chi connectivity index (χ0n) is 11.9. The van der Waals surface area contributed by atoms with Crippen molar-refractivity contribution in [3.8, 4) is 17.5 Å². The van der Waals surface area contributed by atoms with E-state index in [0.29, 0.717) is 5.56 Å². The van der Waals surface area contributed by atoms with Crippen LogP contribution in [0.1, 0.15) is 5.56 Å². The van der Waals surface area contributed by atoms with Crippen LogP contribution in [0.25, 0.3) is 16.6 Å². The first-order valence-corrected chi connectivity index (χ1v) is 6.63. The number of nitriles is 1. The minimum absolute atomic E-state index is 0.224. The molecule has 0 spiro atoms. The van der Waals surface area contributed by atoms with E-state index < -0.39 is 0 Å². The number of para-hydroxylation sites is 1. The lowest BCUT2D eigenvalue weighted by atomic mass is 10.2. The third-order valence-electron chi connectivity index (χ3n) is 3.49. The van der Waals surface area contributed by atoms with Crippen LogP contribution in [0.5, 0.6) is 5.75 Å². The second-order valence-electron chi connectivity index (χ2n) is 5.07. The maximum atomic E-state index is 9.54. The van der Waals surface area contributed by atoms with Crippen molar-refractivity contribution in [3.05, 3.63) is 54.1 Å². The molecule has 0 bridgehead atoms. The molecule has 0 saturated heterocycles. The molecule has 1 aromatic heterocycles. The van der Waals surface area contributed by atoms with Gasteiger partial charge in [-0.15, -0.1) is 0 Å². The lowest BCUT2D eigenvalue weighted by molar-refractivity contribution is 0.475. The summed E-state index contributed by atoms with van der Waals surface area (Å²) in [6, 6.07) is 17.1. The molecule has 0 aliphatic heterocycles. The van der Waals surface area contributed by atoms with Crippen LogP contribution in [0, 0.1) is 11.3 Å². The average molecular weight is 277 g/mol. The molecule has 4 heteroatoms. The molecule has 2 aromatic carbocycles. The number of hydrogen-bond acceptors (Lipinski definition) is 3. The Morgan fingerprint density at radius 1 is 1.05 bits per heavy atom. The van der Waals surface area contributed by atoms with Crippen LogP contribution in [0.2, 0.25) is 0 Å². The van der Waals surface area contributed by atoms with E-state index in [9.17, 15) is 10.4 Å². The standard InChI is InChI=1S/C17H15N3O/c1-19(2)17-15(11-18)14-5-3-4-6-16(14)20(17)12-7-9-13(21)10-8-12/h3-10,21H,1-2H3. The molecule has 0 amide bonds. The van der Waals surface area contributed by atoms with Gasteiger partial charge in [-0.3, -0.25) is 4.57 Å². The van der Waals surface area contributed by atoms with Crippen LogP contribution in [-0.4, -0.2) is 23.8 Å². The van der Waals surface area contributed by atoms with Crippen LogP contribution in [-0.2, 0) is 0 Å². The maximum Gasteiger partial charge on any atom is 0.132 e. The second-order valence-corrected chi connectivity index (χ2v) is 5.07. The van der Waals surface area contributed by atoms with E-state index in [4.69, 9.17) is 0 Å². The van der Waals surface area contributed by atoms with E-state index in [0.717, 1.165) is 22.4 Å². The monoisotopic (exact) mass is 277 g/mol. The van der Waals surface area contributed by atoms with Gasteiger partial charge in [0.05, 0.1) is 5.52 Å². The lowest BCUT2D eigenvalue weighted by Gasteiger charge is -2.17. The third-order valence-corrected chi connectivity index (χ3v) is 3.49. The highest BCUT2D eigenvalue weighted by molar-refractivity contribution is 5.94. The van der Waals surface area contributed by atoms with E-state index in [1.807, 2.05) is 60.0 Å². The van der Waals surface area contributed by atoms with Crippen molar-refractivity contribution >= 4 is 16.7 Å². The Labute approximate surface area is 123 Å². The van der Waals surface area contributed by atoms with E-state index in [1.54, 1.807) is 12.1 Å². The largest absolute Gasteiger partial charge is 0.508 e. The molecule has 104 valence electrons. The van der Waals surface area contributed by atoms with Gasteiger partial charge < -0.3 is 10.0 Å². The smallest absolute Gasteiger partial charge is 0.132 e. The quantitative estimate of drug-likeness (QED) is 0.782. The van der Waals surface area contributed by atoms with Gasteiger partial charge >= 0.3 is 0 Å². The summed E-state index contributed by atoms with van der Waals surface area (Å²) in [5.41, 5.74) is 2.54. The molecule has 0 atom stereocenters. The second kappa shape index (κ2) is 4.88. The van der Waals surface area contributed by atoms with Crippen molar-refractivity contribution in [1.82, 2.24) is 4.57 Å². The molecule has 0 saturated carbocycles. The highest BCUT2D eigenvalue weighted by Gasteiger charge is 2.19. The van der Waals surface area contributed by atoms with Crippen molar-refractivity contribution in [1.29, 1.82) is 5.26 Å². The van der Waals surface area contributed by atoms with Gasteiger partial charge in [0.1, 0.15) is 23.2 Å². The molecule has 3 rings (SSSR count). The number of benzene rings is 2. The lowest BCUT2D eigenvalue weighted by Crippen LogP contribution is -2.14. The molecule has 4 nitrogen and oxygen atoms in total. The molecular weight excluding hydrogens is 262 g/mol. The van der Waals surface area contributed by atoms with Crippen molar-refractivity contribution in [2.75, 3.05) is 19.0 Å². The summed E-state index contributed by atoms with van der Waals surface area (Å²) >= 11 is 0. The summed E-state index contributed by atoms with van der Waals surface area (Å²) in [4.78, 5) is 1.94. The summed E-state index contributed by atoms with van der Waals surface area (Å²) in [6.07, 6.45) is 0. The van der Waals surface area contributed by atoms with Crippen LogP contribution in [0.3, 0.4) is 0 Å². The number of aromatic nitrogens is 1. The van der Waals surface area contributed by atoms with Gasteiger partial charge in [0.25, 0.3) is 0 Å². The molecule has 1 heterocycles. The number of phenols is 1. The zero-order chi connectivity index (χ0) is 15.0. The van der Waals surface area contributed by atoms with Gasteiger partial charge in [-0.1, -0.05) is 18.2 Å². The normalized spacial score (nSPS) is 10.5. The molecule has 0 fully saturated rings. The van der Waals surface area contributed by atoms with Gasteiger partial charge in [0, 0.05) is 25.2 Å². The van der Waals surface area contributed by atoms with Crippen LogP contribution in [0.15, 0.2) is 48.5 Å². The molecule has 3 aromatic rings. The number of phenolic OH excluding ortho intramolecular Hbond substituents is 1. The summed E-state index contributed by atoms with van der Waals surface area (Å²) in [5.74, 6) is 1.06. The highest BCUT2D eigenvalue weighted by atomic mass is 16.3. The predicted molar refractivity (Wildman–Crippen MR) is 84.0 cm³/mol. The fourth-order valence-corrected chi connectivity index (χ4v) is 2.62. The molecule has 0 aliphatic rings. The Morgan fingerprint density at radius 3 is 2.33 bits per heavy atom. The van der Waals surface area contributed by atoms with Crippen molar-refractivity contribution in [2.45, 2.75) is 0 Å². The van der Waals surface area contributed by atoms with Crippen LogP contribution >= 0.6 is 0 Å². The summed E-state index contributed by atoms with van der Waals surface area (Å²) in [7, 11) is 3.85. The SMILES string of the molecule is CN(C)c1c(C#N)c2ccccc2n1-c1ccc(O)cc1. The molecule has 1 N–H and O–H groups in total. The molecule has 0 aliphatic carbocycles. The number of nitrogens with zero attached hydrogens (tertiary/aromatic N) is 3. The van der Waals surface area contributed by atoms with Crippen LogP contribution in [0.4, 0.5) is 5.82 Å². The Kier molecular flexibility index (Phi) is 3.03. The van der Waals surface area contributed by atoms with E-state index in [-0.39, 0.29) is 5.75 Å². The fourth-order valence-electron chi connectivity index (χ4n) is 2.62. The molecule has 21 heavy (non-hydrogen) atoms. The molecular formula is C17H15N3O. The molecule has 0 unspecified atom stereocenters. The van der Waals surface area contributed by atoms with Gasteiger partial charge in [-0.05, 0) is 30.3 Å². The van der Waals surface area contributed by atoms with Crippen molar-refractivity contribution < 1.29 is 5.11 Å². The minimum Gasteiger partial charge on any atom is -0.508 e. The zero-order valence-corrected chi connectivity index (χ0v) is 11.9. The number of fused-ring (bicyclic) bond motifs is 1. The number of anilines is 1. The first kappa shape index (κ1) is 13.1. The number of aromatic hydroxyl groups is 1. The summed E-state index contributed by atoms with van der Waals surface area (Å²) < 4.78 is 2.04. The van der Waals surface area contributed by atoms with E-state index in [2.05, 4.69) is 6.07 Å². The van der Waals surface area contributed by atoms with Gasteiger partial charge in [-0.25, -0.2) is 0 Å². The van der Waals surface area contributed by atoms with E-state index >= 15 is 0 Å². The Morgan fingerprint density at radius 2 is 1.71 bits per heavy atom. The number of rotatable bonds is 2. The Hall–Kier alpha value is -2.93. The fraction of sp³-hybridized carbons (Fsp3) is 0.118. The van der Waals surface area contributed by atoms with E-state index in [1.165, 1.54) is 0 Å². The number of hydrogen-bond donors (Lipinski definition) is 1. The first-order valence-electron chi connectivity index (χ1n) is 6.63. The third kappa shape index (κ3) is 2.00. The predicted octanol–water partition coefficient (Wildman–Crippen LogP) is 3.27. The maximum absolute atomic E-state index is 9.54. The Bertz CT molecular complexity index is 839. The van der Waals surface area contributed by atoms with Gasteiger partial charge in [0.2, 0.25) is 0 Å². The first-order chi connectivity index (χ1) is 10.1. The minimum atomic E-state index is 0.224. The average Bonchev–Trinajstić information content (AvgIpc) is 2.82. The highest BCUT2D eigenvalue weighted by Crippen LogP contribution is 2.34. The van der Waals surface area contributed by atoms with Gasteiger partial charge in [0.15, 0.2) is 0 Å². The summed E-state index contributed by atoms with van der Waals surface area (Å²) in [6.45, 7) is 0. The Balaban J connectivity index is 2.43. The molecule has 0 radical (unpaired) electrons. The topological polar surface area (TPSA) is 52.2 Å². The van der Waals surface area contributed by atoms with Crippen molar-refractivity contribution in [3.63, 3.8) is 0 Å². The summed E-state index contributed by atoms with van der Waals surface area (Å²) in [5, 5.41) is 19.9. The van der Waals surface area contributed by atoms with Crippen molar-refractivity contribution in [2.24, 2.45) is 0 Å². The van der Waals surface area contributed by atoms with Crippen LogP contribution < -0.4 is 4.90 Å². The van der Waals surface area contributed by atoms with Gasteiger partial charge in [-0.2, -0.15) is 5.26 Å².